The Morgan fingerprint density at radius 3 is 2.19 bits per heavy atom. The molecular weight excluding hydrogens is 270 g/mol. The minimum absolute atomic E-state index is 0.279. The van der Waals surface area contributed by atoms with Crippen LogP contribution in [0.2, 0.25) is 0 Å². The minimum Gasteiger partial charge on any atom is -0.464 e. The van der Waals surface area contributed by atoms with Gasteiger partial charge in [0.25, 0.3) is 0 Å². The van der Waals surface area contributed by atoms with Gasteiger partial charge >= 0.3 is 12.1 Å². The van der Waals surface area contributed by atoms with Crippen molar-refractivity contribution in [3.8, 4) is 0 Å². The van der Waals surface area contributed by atoms with Gasteiger partial charge in [0.1, 0.15) is 11.3 Å². The number of fused-ring (bicyclic) bond motifs is 1. The van der Waals surface area contributed by atoms with Crippen LogP contribution in [0.5, 0.6) is 0 Å². The molecule has 0 saturated heterocycles. The fourth-order valence-corrected chi connectivity index (χ4v) is 3.36. The van der Waals surface area contributed by atoms with E-state index in [0.29, 0.717) is 11.8 Å². The van der Waals surface area contributed by atoms with E-state index in [-0.39, 0.29) is 5.70 Å². The van der Waals surface area contributed by atoms with Crippen molar-refractivity contribution in [2.75, 3.05) is 7.11 Å². The molecule has 0 radical (unpaired) electrons. The monoisotopic (exact) mass is 295 g/mol. The Morgan fingerprint density at radius 1 is 1.14 bits per heavy atom. The average molecular weight is 295 g/mol. The number of hydrogen-bond donors (Lipinski definition) is 1. The molecule has 0 heterocycles. The van der Waals surface area contributed by atoms with E-state index in [1.807, 2.05) is 0 Å². The second-order valence-electron chi connectivity index (χ2n) is 6.96. The number of amides is 1. The maximum atomic E-state index is 12.0. The number of rotatable bonds is 2. The summed E-state index contributed by atoms with van der Waals surface area (Å²) in [5, 5.41) is 2.60. The lowest BCUT2D eigenvalue weighted by Crippen LogP contribution is -2.35. The topological polar surface area (TPSA) is 64.6 Å². The van der Waals surface area contributed by atoms with Crippen molar-refractivity contribution in [3.63, 3.8) is 0 Å². The van der Waals surface area contributed by atoms with E-state index >= 15 is 0 Å². The number of alkyl carbamates (subject to hydrolysis) is 1. The predicted octanol–water partition coefficient (Wildman–Crippen LogP) is 3.15. The Bertz CT molecular complexity index is 447. The van der Waals surface area contributed by atoms with Gasteiger partial charge in [-0.25, -0.2) is 9.59 Å². The van der Waals surface area contributed by atoms with Crippen LogP contribution in [0.3, 0.4) is 0 Å². The molecular formula is C16H25NO4. The van der Waals surface area contributed by atoms with Gasteiger partial charge in [-0.2, -0.15) is 0 Å². The summed E-state index contributed by atoms with van der Waals surface area (Å²) < 4.78 is 10.0. The molecule has 0 aromatic carbocycles. The van der Waals surface area contributed by atoms with E-state index in [4.69, 9.17) is 9.47 Å². The van der Waals surface area contributed by atoms with Crippen LogP contribution >= 0.6 is 0 Å². The van der Waals surface area contributed by atoms with Gasteiger partial charge in [-0.1, -0.05) is 6.42 Å². The molecule has 2 aliphatic carbocycles. The zero-order chi connectivity index (χ0) is 15.6. The molecule has 0 aromatic rings. The van der Waals surface area contributed by atoms with Gasteiger partial charge in [0.15, 0.2) is 0 Å². The molecule has 118 valence electrons. The third kappa shape index (κ3) is 3.99. The first-order valence-corrected chi connectivity index (χ1v) is 7.60. The van der Waals surface area contributed by atoms with Gasteiger partial charge in [0.2, 0.25) is 0 Å². The lowest BCUT2D eigenvalue weighted by molar-refractivity contribution is -0.136. The number of allylic oxidation sites excluding steroid dienone is 1. The van der Waals surface area contributed by atoms with Crippen LogP contribution in [0.15, 0.2) is 11.3 Å². The summed E-state index contributed by atoms with van der Waals surface area (Å²) in [5.41, 5.74) is 0.686. The van der Waals surface area contributed by atoms with Crippen molar-refractivity contribution in [1.82, 2.24) is 5.32 Å². The summed E-state index contributed by atoms with van der Waals surface area (Å²) in [7, 11) is 1.33. The predicted molar refractivity (Wildman–Crippen MR) is 78.5 cm³/mol. The molecule has 5 heteroatoms. The molecule has 0 aliphatic heterocycles. The molecule has 2 fully saturated rings. The van der Waals surface area contributed by atoms with Gasteiger partial charge < -0.3 is 9.47 Å². The first-order chi connectivity index (χ1) is 9.80. The Morgan fingerprint density at radius 2 is 1.71 bits per heavy atom. The lowest BCUT2D eigenvalue weighted by Gasteiger charge is -2.20. The maximum absolute atomic E-state index is 12.0. The molecule has 0 spiro atoms. The Hall–Kier alpha value is -1.52. The third-order valence-corrected chi connectivity index (χ3v) is 4.20. The average Bonchev–Trinajstić information content (AvgIpc) is 2.93. The van der Waals surface area contributed by atoms with Gasteiger partial charge in [-0.15, -0.1) is 0 Å². The summed E-state index contributed by atoms with van der Waals surface area (Å²) in [6.45, 7) is 5.37. The minimum atomic E-state index is -0.604. The Balaban J connectivity index is 2.12. The van der Waals surface area contributed by atoms with E-state index in [2.05, 4.69) is 5.32 Å². The third-order valence-electron chi connectivity index (χ3n) is 4.20. The first kappa shape index (κ1) is 15.9. The normalized spacial score (nSPS) is 24.5. The SMILES string of the molecule is COC(=O)C(NC(=O)OC(C)(C)C)=C1CC2CCCC2C1. The van der Waals surface area contributed by atoms with E-state index in [1.165, 1.54) is 26.4 Å². The molecule has 1 amide bonds. The van der Waals surface area contributed by atoms with Gasteiger partial charge in [0.05, 0.1) is 7.11 Å². The number of methoxy groups -OCH3 is 1. The molecule has 2 saturated carbocycles. The molecule has 5 nitrogen and oxygen atoms in total. The summed E-state index contributed by atoms with van der Waals surface area (Å²) in [6.07, 6.45) is 4.86. The number of carbonyl (C=O) groups is 2. The lowest BCUT2D eigenvalue weighted by atomic mass is 10.0. The number of ether oxygens (including phenoxy) is 2. The van der Waals surface area contributed by atoms with Crippen LogP contribution in [-0.2, 0) is 14.3 Å². The Labute approximate surface area is 126 Å². The molecule has 2 unspecified atom stereocenters. The molecule has 2 rings (SSSR count). The zero-order valence-electron chi connectivity index (χ0n) is 13.3. The van der Waals surface area contributed by atoms with Crippen molar-refractivity contribution in [2.45, 2.75) is 58.5 Å². The van der Waals surface area contributed by atoms with Crippen LogP contribution in [0.25, 0.3) is 0 Å². The highest BCUT2D eigenvalue weighted by Gasteiger charge is 2.37. The fraction of sp³-hybridized carbons (Fsp3) is 0.750. The second kappa shape index (κ2) is 6.08. The van der Waals surface area contributed by atoms with E-state index in [9.17, 15) is 9.59 Å². The van der Waals surface area contributed by atoms with E-state index in [1.54, 1.807) is 20.8 Å². The quantitative estimate of drug-likeness (QED) is 0.628. The van der Waals surface area contributed by atoms with E-state index in [0.717, 1.165) is 18.4 Å². The summed E-state index contributed by atoms with van der Waals surface area (Å²) in [6, 6.07) is 0. The van der Waals surface area contributed by atoms with Crippen molar-refractivity contribution in [2.24, 2.45) is 11.8 Å². The van der Waals surface area contributed by atoms with Crippen molar-refractivity contribution >= 4 is 12.1 Å². The molecule has 0 bridgehead atoms. The molecule has 0 aromatic heterocycles. The van der Waals surface area contributed by atoms with Crippen molar-refractivity contribution < 1.29 is 19.1 Å². The van der Waals surface area contributed by atoms with E-state index < -0.39 is 17.7 Å². The van der Waals surface area contributed by atoms with Crippen LogP contribution in [0, 0.1) is 11.8 Å². The van der Waals surface area contributed by atoms with Gasteiger partial charge in [-0.3, -0.25) is 5.32 Å². The summed E-state index contributed by atoms with van der Waals surface area (Å²) in [4.78, 5) is 23.9. The number of esters is 1. The molecule has 2 atom stereocenters. The highest BCUT2D eigenvalue weighted by atomic mass is 16.6. The highest BCUT2D eigenvalue weighted by molar-refractivity contribution is 5.93. The van der Waals surface area contributed by atoms with Gasteiger partial charge in [0, 0.05) is 0 Å². The standard InChI is InChI=1S/C16H25NO4/c1-16(2,3)21-15(19)17-13(14(18)20-4)12-8-10-6-5-7-11(10)9-12/h10-11H,5-9H2,1-4H3,(H,17,19). The molecule has 2 aliphatic rings. The zero-order valence-corrected chi connectivity index (χ0v) is 13.3. The first-order valence-electron chi connectivity index (χ1n) is 7.60. The summed E-state index contributed by atoms with van der Waals surface area (Å²) in [5.74, 6) is 0.816. The number of carbonyl (C=O) groups excluding carboxylic acids is 2. The van der Waals surface area contributed by atoms with Crippen LogP contribution in [0.1, 0.15) is 52.9 Å². The second-order valence-corrected chi connectivity index (χ2v) is 6.96. The Kier molecular flexibility index (Phi) is 4.59. The van der Waals surface area contributed by atoms with Crippen molar-refractivity contribution in [1.29, 1.82) is 0 Å². The number of nitrogens with one attached hydrogen (secondary N) is 1. The smallest absolute Gasteiger partial charge is 0.412 e. The number of hydrogen-bond acceptors (Lipinski definition) is 4. The molecule has 21 heavy (non-hydrogen) atoms. The fourth-order valence-electron chi connectivity index (χ4n) is 3.36. The van der Waals surface area contributed by atoms with Gasteiger partial charge in [-0.05, 0) is 63.9 Å². The highest BCUT2D eigenvalue weighted by Crippen LogP contribution is 2.47. The van der Waals surface area contributed by atoms with Crippen LogP contribution in [0.4, 0.5) is 4.79 Å². The largest absolute Gasteiger partial charge is 0.464 e. The van der Waals surface area contributed by atoms with Crippen molar-refractivity contribution in [3.05, 3.63) is 11.3 Å². The molecule has 1 N–H and O–H groups in total. The van der Waals surface area contributed by atoms with Crippen LogP contribution in [-0.4, -0.2) is 24.8 Å². The van der Waals surface area contributed by atoms with Crippen LogP contribution < -0.4 is 5.32 Å². The maximum Gasteiger partial charge on any atom is 0.412 e. The summed E-state index contributed by atoms with van der Waals surface area (Å²) >= 11 is 0.